The van der Waals surface area contributed by atoms with Crippen LogP contribution in [0.3, 0.4) is 0 Å². The number of hydrogen-bond acceptors (Lipinski definition) is 6. The summed E-state index contributed by atoms with van der Waals surface area (Å²) in [6.07, 6.45) is 1.32. The molecule has 21 heavy (non-hydrogen) atoms. The Morgan fingerprint density at radius 3 is 2.33 bits per heavy atom. The van der Waals surface area contributed by atoms with E-state index < -0.39 is 0 Å². The van der Waals surface area contributed by atoms with Crippen LogP contribution < -0.4 is 10.6 Å². The minimum atomic E-state index is 0.703. The molecule has 0 aliphatic carbocycles. The highest BCUT2D eigenvalue weighted by molar-refractivity contribution is 4.89. The highest BCUT2D eigenvalue weighted by atomic mass is 15.4. The maximum atomic E-state index is 3.60. The highest BCUT2D eigenvalue weighted by Crippen LogP contribution is 2.17. The molecule has 122 valence electrons. The molecule has 0 aromatic rings. The smallest absolute Gasteiger partial charge is 0.0507 e. The van der Waals surface area contributed by atoms with Crippen LogP contribution in [-0.2, 0) is 0 Å². The van der Waals surface area contributed by atoms with Crippen LogP contribution in [-0.4, -0.2) is 111 Å². The van der Waals surface area contributed by atoms with Crippen molar-refractivity contribution in [3.05, 3.63) is 0 Å². The Hall–Kier alpha value is -0.240. The molecule has 2 N–H and O–H groups in total. The molecule has 1 unspecified atom stereocenters. The molecule has 3 aliphatic heterocycles. The number of rotatable bonds is 7. The van der Waals surface area contributed by atoms with Crippen molar-refractivity contribution in [2.75, 3.05) is 73.7 Å². The predicted octanol–water partition coefficient (Wildman–Crippen LogP) is -1.29. The first-order valence-corrected chi connectivity index (χ1v) is 8.37. The average Bonchev–Trinajstić information content (AvgIpc) is 2.78. The van der Waals surface area contributed by atoms with Crippen molar-refractivity contribution in [1.29, 1.82) is 0 Å². The van der Waals surface area contributed by atoms with Crippen LogP contribution in [0, 0.1) is 0 Å². The lowest BCUT2D eigenvalue weighted by Crippen LogP contribution is -2.64. The monoisotopic (exact) mass is 296 g/mol. The molecule has 0 radical (unpaired) electrons. The number of nitrogens with one attached hydrogen (secondary N) is 2. The van der Waals surface area contributed by atoms with Crippen molar-refractivity contribution in [2.24, 2.45) is 0 Å². The molecule has 0 aromatic heterocycles. The molecule has 3 saturated heterocycles. The molecule has 0 saturated carbocycles. The minimum Gasteiger partial charge on any atom is -0.314 e. The zero-order valence-corrected chi connectivity index (χ0v) is 13.9. The zero-order chi connectivity index (χ0) is 14.8. The molecule has 3 fully saturated rings. The van der Waals surface area contributed by atoms with E-state index in [1.807, 2.05) is 0 Å². The largest absolute Gasteiger partial charge is 0.314 e. The fourth-order valence-corrected chi connectivity index (χ4v) is 3.43. The molecule has 6 heteroatoms. The summed E-state index contributed by atoms with van der Waals surface area (Å²) in [7, 11) is 6.69. The van der Waals surface area contributed by atoms with Gasteiger partial charge in [-0.25, -0.2) is 0 Å². The van der Waals surface area contributed by atoms with Crippen LogP contribution in [0.4, 0.5) is 0 Å². The number of likely N-dealkylation sites (N-methyl/N-ethyl adjacent to an activating group) is 2. The van der Waals surface area contributed by atoms with Gasteiger partial charge in [0.1, 0.15) is 0 Å². The van der Waals surface area contributed by atoms with Gasteiger partial charge in [-0.2, -0.15) is 0 Å². The molecule has 0 amide bonds. The Kier molecular flexibility index (Phi) is 5.14. The highest BCUT2D eigenvalue weighted by Gasteiger charge is 2.32. The first kappa shape index (κ1) is 15.6. The maximum absolute atomic E-state index is 3.60. The fourth-order valence-electron chi connectivity index (χ4n) is 3.43. The van der Waals surface area contributed by atoms with Crippen LogP contribution >= 0.6 is 0 Å². The summed E-state index contributed by atoms with van der Waals surface area (Å²) < 4.78 is 0. The Morgan fingerprint density at radius 1 is 1.05 bits per heavy atom. The molecule has 1 atom stereocenters. The normalized spacial score (nSPS) is 29.3. The topological polar surface area (TPSA) is 37.0 Å². The van der Waals surface area contributed by atoms with E-state index in [0.717, 1.165) is 38.5 Å². The van der Waals surface area contributed by atoms with E-state index in [1.54, 1.807) is 0 Å². The third-order valence-electron chi connectivity index (χ3n) is 5.35. The van der Waals surface area contributed by atoms with Gasteiger partial charge in [-0.1, -0.05) is 0 Å². The standard InChI is InChI=1S/C15H32N6/c1-18(2)14-4-5-20(8-14)12-19(3)15-9-21(10-15)11-17-13-6-16-7-13/h13-17H,4-12H2,1-3H3. The van der Waals surface area contributed by atoms with E-state index in [9.17, 15) is 0 Å². The van der Waals surface area contributed by atoms with Crippen molar-refractivity contribution in [3.63, 3.8) is 0 Å². The molecule has 3 aliphatic rings. The third kappa shape index (κ3) is 3.94. The molecular formula is C15H32N6. The van der Waals surface area contributed by atoms with E-state index in [2.05, 4.69) is 51.4 Å². The van der Waals surface area contributed by atoms with Gasteiger partial charge in [0.2, 0.25) is 0 Å². The first-order chi connectivity index (χ1) is 10.1. The number of hydrogen-bond donors (Lipinski definition) is 2. The zero-order valence-electron chi connectivity index (χ0n) is 13.9. The Morgan fingerprint density at radius 2 is 1.76 bits per heavy atom. The summed E-state index contributed by atoms with van der Waals surface area (Å²) in [4.78, 5) is 10.0. The Bertz CT molecular complexity index is 326. The van der Waals surface area contributed by atoms with E-state index in [1.165, 1.54) is 32.6 Å². The van der Waals surface area contributed by atoms with Gasteiger partial charge in [0.05, 0.1) is 6.67 Å². The second-order valence-electron chi connectivity index (χ2n) is 7.29. The van der Waals surface area contributed by atoms with Crippen LogP contribution in [0.5, 0.6) is 0 Å². The molecule has 6 nitrogen and oxygen atoms in total. The summed E-state index contributed by atoms with van der Waals surface area (Å²) in [6, 6.07) is 2.19. The lowest BCUT2D eigenvalue weighted by atomic mass is 10.1. The Labute approximate surface area is 129 Å². The number of nitrogens with zero attached hydrogens (tertiary/aromatic N) is 4. The lowest BCUT2D eigenvalue weighted by Gasteiger charge is -2.46. The maximum Gasteiger partial charge on any atom is 0.0507 e. The average molecular weight is 296 g/mol. The van der Waals surface area contributed by atoms with E-state index >= 15 is 0 Å². The van der Waals surface area contributed by atoms with Crippen LogP contribution in [0.25, 0.3) is 0 Å². The minimum absolute atomic E-state index is 0.703. The molecule has 3 rings (SSSR count). The van der Waals surface area contributed by atoms with Crippen molar-refractivity contribution in [3.8, 4) is 0 Å². The van der Waals surface area contributed by atoms with Gasteiger partial charge < -0.3 is 10.2 Å². The van der Waals surface area contributed by atoms with Gasteiger partial charge in [-0.3, -0.25) is 20.0 Å². The second-order valence-corrected chi connectivity index (χ2v) is 7.29. The summed E-state index contributed by atoms with van der Waals surface area (Å²) in [5.74, 6) is 0. The van der Waals surface area contributed by atoms with E-state index in [0.29, 0.717) is 6.04 Å². The van der Waals surface area contributed by atoms with Gasteiger partial charge in [-0.15, -0.1) is 0 Å². The van der Waals surface area contributed by atoms with Gasteiger partial charge >= 0.3 is 0 Å². The number of likely N-dealkylation sites (tertiary alicyclic amines) is 2. The Balaban J connectivity index is 1.29. The molecular weight excluding hydrogens is 264 g/mol. The summed E-state index contributed by atoms with van der Waals surface area (Å²) in [5, 5.41) is 6.90. The molecule has 3 heterocycles. The lowest BCUT2D eigenvalue weighted by molar-refractivity contribution is 0.0136. The third-order valence-corrected chi connectivity index (χ3v) is 5.35. The quantitative estimate of drug-likeness (QED) is 0.609. The first-order valence-electron chi connectivity index (χ1n) is 8.37. The predicted molar refractivity (Wildman–Crippen MR) is 86.3 cm³/mol. The van der Waals surface area contributed by atoms with Gasteiger partial charge in [0.15, 0.2) is 0 Å². The van der Waals surface area contributed by atoms with E-state index in [-0.39, 0.29) is 0 Å². The van der Waals surface area contributed by atoms with Crippen molar-refractivity contribution < 1.29 is 0 Å². The SMILES string of the molecule is CN(C)C1CCN(CN(C)C2CN(CNC3CNC3)C2)C1. The molecule has 0 bridgehead atoms. The fraction of sp³-hybridized carbons (Fsp3) is 1.00. The summed E-state index contributed by atoms with van der Waals surface area (Å²) >= 11 is 0. The summed E-state index contributed by atoms with van der Waals surface area (Å²) in [5.41, 5.74) is 0. The van der Waals surface area contributed by atoms with Crippen molar-refractivity contribution >= 4 is 0 Å². The van der Waals surface area contributed by atoms with Gasteiger partial charge in [0.25, 0.3) is 0 Å². The van der Waals surface area contributed by atoms with Crippen LogP contribution in [0.15, 0.2) is 0 Å². The second kappa shape index (κ2) is 6.89. The van der Waals surface area contributed by atoms with Crippen LogP contribution in [0.2, 0.25) is 0 Å². The van der Waals surface area contributed by atoms with Crippen LogP contribution in [0.1, 0.15) is 6.42 Å². The van der Waals surface area contributed by atoms with E-state index in [4.69, 9.17) is 0 Å². The van der Waals surface area contributed by atoms with Gasteiger partial charge in [0, 0.05) is 64.1 Å². The summed E-state index contributed by atoms with van der Waals surface area (Å²) in [6.45, 7) is 9.37. The van der Waals surface area contributed by atoms with Crippen molar-refractivity contribution in [2.45, 2.75) is 24.5 Å². The molecule has 0 spiro atoms. The van der Waals surface area contributed by atoms with Crippen molar-refractivity contribution in [1.82, 2.24) is 30.2 Å². The van der Waals surface area contributed by atoms with Gasteiger partial charge in [-0.05, 0) is 27.6 Å². The molecule has 0 aromatic carbocycles.